The molecule has 0 bridgehead atoms. The summed E-state index contributed by atoms with van der Waals surface area (Å²) in [4.78, 5) is 30.8. The predicted octanol–water partition coefficient (Wildman–Crippen LogP) is 2.64. The fourth-order valence-electron chi connectivity index (χ4n) is 6.30. The molecule has 0 radical (unpaired) electrons. The molecule has 7 heteroatoms. The average Bonchev–Trinajstić information content (AvgIpc) is 3.42. The second-order valence-corrected chi connectivity index (χ2v) is 9.56. The third-order valence-corrected chi connectivity index (χ3v) is 7.64. The molecular formula is C21H33N5O2. The minimum atomic E-state index is -0.283. The second kappa shape index (κ2) is 7.46. The van der Waals surface area contributed by atoms with Crippen LogP contribution in [0, 0.1) is 29.1 Å². The van der Waals surface area contributed by atoms with Crippen molar-refractivity contribution < 1.29 is 9.59 Å². The number of hydrogen-bond donors (Lipinski definition) is 1. The number of likely N-dealkylation sites (tertiary alicyclic amines) is 2. The van der Waals surface area contributed by atoms with Gasteiger partial charge in [0.1, 0.15) is 6.04 Å². The van der Waals surface area contributed by atoms with Crippen LogP contribution in [0.5, 0.6) is 0 Å². The van der Waals surface area contributed by atoms with E-state index in [2.05, 4.69) is 11.4 Å². The van der Waals surface area contributed by atoms with E-state index in [0.717, 1.165) is 38.8 Å². The summed E-state index contributed by atoms with van der Waals surface area (Å²) in [6.45, 7) is 2.29. The van der Waals surface area contributed by atoms with Crippen molar-refractivity contribution in [2.75, 3.05) is 33.7 Å². The zero-order chi connectivity index (χ0) is 19.9. The van der Waals surface area contributed by atoms with Crippen LogP contribution in [0.3, 0.4) is 0 Å². The Morgan fingerprint density at radius 3 is 2.29 bits per heavy atom. The third-order valence-electron chi connectivity index (χ3n) is 7.64. The van der Waals surface area contributed by atoms with E-state index in [9.17, 15) is 14.9 Å². The lowest BCUT2D eigenvalue weighted by atomic mass is 9.79. The number of nitriles is 1. The lowest BCUT2D eigenvalue weighted by Crippen LogP contribution is -2.57. The Kier molecular flexibility index (Phi) is 5.15. The van der Waals surface area contributed by atoms with Gasteiger partial charge in [0.25, 0.3) is 0 Å². The fraction of sp³-hybridized carbons (Fsp3) is 0.857. The summed E-state index contributed by atoms with van der Waals surface area (Å²) in [6.07, 6.45) is 8.49. The molecule has 2 heterocycles. The Morgan fingerprint density at radius 1 is 1.07 bits per heavy atom. The monoisotopic (exact) mass is 387 g/mol. The Hall–Kier alpha value is -1.97. The number of fused-ring (bicyclic) bond motifs is 1. The van der Waals surface area contributed by atoms with Crippen LogP contribution in [0.4, 0.5) is 9.59 Å². The number of hydrogen-bond acceptors (Lipinski definition) is 3. The van der Waals surface area contributed by atoms with Gasteiger partial charge in [0.05, 0.1) is 6.07 Å². The Labute approximate surface area is 168 Å². The maximum absolute atomic E-state index is 13.1. The Balaban J connectivity index is 1.48. The molecule has 0 aromatic heterocycles. The summed E-state index contributed by atoms with van der Waals surface area (Å²) < 4.78 is 0. The molecule has 0 spiro atoms. The van der Waals surface area contributed by atoms with E-state index in [4.69, 9.17) is 0 Å². The molecule has 0 aromatic carbocycles. The van der Waals surface area contributed by atoms with Crippen molar-refractivity contribution in [3.63, 3.8) is 0 Å². The zero-order valence-electron chi connectivity index (χ0n) is 17.2. The molecule has 0 unspecified atom stereocenters. The fourth-order valence-corrected chi connectivity index (χ4v) is 6.30. The maximum Gasteiger partial charge on any atom is 0.319 e. The largest absolute Gasteiger partial charge is 0.332 e. The number of carbonyl (C=O) groups is 2. The first kappa shape index (κ1) is 19.4. The van der Waals surface area contributed by atoms with Crippen LogP contribution in [-0.4, -0.2) is 72.1 Å². The van der Waals surface area contributed by atoms with Gasteiger partial charge < -0.3 is 20.0 Å². The smallest absolute Gasteiger partial charge is 0.319 e. The molecule has 4 aliphatic rings. The molecule has 7 nitrogen and oxygen atoms in total. The van der Waals surface area contributed by atoms with Crippen molar-refractivity contribution in [1.82, 2.24) is 20.0 Å². The first-order valence-corrected chi connectivity index (χ1v) is 10.9. The van der Waals surface area contributed by atoms with E-state index in [1.807, 2.05) is 4.90 Å². The van der Waals surface area contributed by atoms with Crippen molar-refractivity contribution in [1.29, 1.82) is 5.26 Å². The number of carbonyl (C=O) groups excluding carboxylic acids is 2. The van der Waals surface area contributed by atoms with E-state index in [1.165, 1.54) is 25.7 Å². The molecule has 4 fully saturated rings. The van der Waals surface area contributed by atoms with Gasteiger partial charge in [-0.1, -0.05) is 12.8 Å². The molecule has 2 saturated heterocycles. The van der Waals surface area contributed by atoms with E-state index in [-0.39, 0.29) is 23.6 Å². The van der Waals surface area contributed by atoms with E-state index >= 15 is 0 Å². The Bertz CT molecular complexity index is 652. The van der Waals surface area contributed by atoms with Crippen molar-refractivity contribution >= 4 is 12.1 Å². The van der Waals surface area contributed by atoms with E-state index in [0.29, 0.717) is 24.3 Å². The molecule has 4 amide bonds. The van der Waals surface area contributed by atoms with Crippen LogP contribution in [0.25, 0.3) is 0 Å². The van der Waals surface area contributed by atoms with Gasteiger partial charge in [-0.05, 0) is 56.3 Å². The highest BCUT2D eigenvalue weighted by Gasteiger charge is 2.54. The van der Waals surface area contributed by atoms with Gasteiger partial charge in [0.2, 0.25) is 0 Å². The topological polar surface area (TPSA) is 79.7 Å². The molecule has 2 aliphatic heterocycles. The molecule has 154 valence electrons. The summed E-state index contributed by atoms with van der Waals surface area (Å²) in [5.74, 6) is 1.47. The first-order valence-electron chi connectivity index (χ1n) is 10.9. The van der Waals surface area contributed by atoms with Crippen LogP contribution in [-0.2, 0) is 0 Å². The summed E-state index contributed by atoms with van der Waals surface area (Å²) in [5, 5.41) is 12.8. The number of nitrogens with one attached hydrogen (secondary N) is 1. The number of rotatable bonds is 2. The molecule has 2 aliphatic carbocycles. The van der Waals surface area contributed by atoms with Gasteiger partial charge >= 0.3 is 12.1 Å². The average molecular weight is 388 g/mol. The van der Waals surface area contributed by atoms with E-state index in [1.54, 1.807) is 23.9 Å². The highest BCUT2D eigenvalue weighted by molar-refractivity contribution is 5.76. The predicted molar refractivity (Wildman–Crippen MR) is 105 cm³/mol. The van der Waals surface area contributed by atoms with Crippen molar-refractivity contribution in [2.45, 2.75) is 62.9 Å². The van der Waals surface area contributed by atoms with Gasteiger partial charge in [-0.2, -0.15) is 5.26 Å². The summed E-state index contributed by atoms with van der Waals surface area (Å²) in [7, 11) is 3.61. The lowest BCUT2D eigenvalue weighted by molar-refractivity contribution is 0.149. The van der Waals surface area contributed by atoms with Crippen molar-refractivity contribution in [3.05, 3.63) is 0 Å². The van der Waals surface area contributed by atoms with Gasteiger partial charge in [-0.3, -0.25) is 0 Å². The highest BCUT2D eigenvalue weighted by atomic mass is 16.2. The van der Waals surface area contributed by atoms with Crippen LogP contribution in [0.15, 0.2) is 0 Å². The molecule has 1 N–H and O–H groups in total. The number of nitrogens with zero attached hydrogens (tertiary/aromatic N) is 4. The third kappa shape index (κ3) is 3.31. The van der Waals surface area contributed by atoms with Crippen molar-refractivity contribution in [3.8, 4) is 6.07 Å². The maximum atomic E-state index is 13.1. The minimum Gasteiger partial charge on any atom is -0.332 e. The molecule has 28 heavy (non-hydrogen) atoms. The van der Waals surface area contributed by atoms with Gasteiger partial charge in [-0.25, -0.2) is 9.59 Å². The van der Waals surface area contributed by atoms with Crippen LogP contribution >= 0.6 is 0 Å². The second-order valence-electron chi connectivity index (χ2n) is 9.56. The van der Waals surface area contributed by atoms with Gasteiger partial charge in [0.15, 0.2) is 0 Å². The van der Waals surface area contributed by atoms with Crippen LogP contribution in [0.2, 0.25) is 0 Å². The van der Waals surface area contributed by atoms with E-state index < -0.39 is 0 Å². The van der Waals surface area contributed by atoms with Gasteiger partial charge in [-0.15, -0.1) is 0 Å². The molecular weight excluding hydrogens is 354 g/mol. The number of amides is 4. The number of urea groups is 2. The molecule has 2 saturated carbocycles. The standard InChI is InChI=1S/C21H33N5O2/c1-24(2)20(28)25-13-15-10-21(11-16(15)14-25,17-6-3-4-7-17)23-19(27)26-9-5-8-18(26)12-22/h15-18H,3-11,13-14H2,1-2H3,(H,23,27)/t15-,16+,18-,21-/m0/s1. The summed E-state index contributed by atoms with van der Waals surface area (Å²) in [5.41, 5.74) is -0.154. The minimum absolute atomic E-state index is 0.0443. The zero-order valence-corrected chi connectivity index (χ0v) is 17.2. The SMILES string of the molecule is CN(C)C(=O)N1C[C@@H]2C[C@@](NC(=O)N3CCC[C@H]3C#N)(C3CCCC3)C[C@@H]2C1. The van der Waals surface area contributed by atoms with Gasteiger partial charge in [0, 0.05) is 39.3 Å². The Morgan fingerprint density at radius 2 is 1.71 bits per heavy atom. The summed E-state index contributed by atoms with van der Waals surface area (Å²) >= 11 is 0. The summed E-state index contributed by atoms with van der Waals surface area (Å²) in [6, 6.07) is 2.06. The first-order chi connectivity index (χ1) is 13.4. The van der Waals surface area contributed by atoms with Crippen molar-refractivity contribution in [2.24, 2.45) is 17.8 Å². The lowest BCUT2D eigenvalue weighted by Gasteiger charge is -2.39. The van der Waals surface area contributed by atoms with Crippen LogP contribution in [0.1, 0.15) is 51.4 Å². The quantitative estimate of drug-likeness (QED) is 0.791. The molecule has 0 aromatic rings. The van der Waals surface area contributed by atoms with Crippen LogP contribution < -0.4 is 5.32 Å². The molecule has 4 rings (SSSR count). The normalized spacial score (nSPS) is 35.1. The highest BCUT2D eigenvalue weighted by Crippen LogP contribution is 2.51. The molecule has 4 atom stereocenters.